The van der Waals surface area contributed by atoms with Crippen LogP contribution in [-0.2, 0) is 4.79 Å². The normalized spacial score (nSPS) is 12.1. The number of hydrogen-bond acceptors (Lipinski definition) is 4. The summed E-state index contributed by atoms with van der Waals surface area (Å²) in [7, 11) is 0. The molecule has 3 rings (SSSR count). The molecular formula is C16H13ClN2O2S. The van der Waals surface area contributed by atoms with E-state index >= 15 is 0 Å². The summed E-state index contributed by atoms with van der Waals surface area (Å²) in [5.41, 5.74) is 0.807. The molecule has 0 spiro atoms. The largest absolute Gasteiger partial charge is 0.481 e. The van der Waals surface area contributed by atoms with Crippen LogP contribution in [-0.4, -0.2) is 17.0 Å². The minimum Gasteiger partial charge on any atom is -0.481 e. The van der Waals surface area contributed by atoms with E-state index in [9.17, 15) is 4.79 Å². The predicted octanol–water partition coefficient (Wildman–Crippen LogP) is 4.36. The number of ether oxygens (including phenoxy) is 1. The standard InChI is InChI=1S/C16H13ClN2O2S/c1-10(21-12-5-3-2-4-6-12)15(20)19-16-18-13-8-7-11(17)9-14(13)22-16/h2-10H,1H3,(H,18,19,20)/t10-/m0/s1. The van der Waals surface area contributed by atoms with Gasteiger partial charge in [0.25, 0.3) is 5.91 Å². The Morgan fingerprint density at radius 2 is 2.05 bits per heavy atom. The average Bonchev–Trinajstić information content (AvgIpc) is 2.89. The van der Waals surface area contributed by atoms with Crippen molar-refractivity contribution in [2.24, 2.45) is 0 Å². The number of carbonyl (C=O) groups excluding carboxylic acids is 1. The summed E-state index contributed by atoms with van der Waals surface area (Å²) in [5.74, 6) is 0.412. The Morgan fingerprint density at radius 3 is 2.82 bits per heavy atom. The molecule has 0 aliphatic rings. The second kappa shape index (κ2) is 6.34. The molecule has 0 saturated carbocycles. The molecule has 1 amide bonds. The highest BCUT2D eigenvalue weighted by Crippen LogP contribution is 2.28. The van der Waals surface area contributed by atoms with Gasteiger partial charge < -0.3 is 4.74 Å². The van der Waals surface area contributed by atoms with Crippen molar-refractivity contribution in [3.8, 4) is 5.75 Å². The number of anilines is 1. The molecule has 0 unspecified atom stereocenters. The Morgan fingerprint density at radius 1 is 1.27 bits per heavy atom. The van der Waals surface area contributed by atoms with Crippen molar-refractivity contribution in [2.75, 3.05) is 5.32 Å². The Kier molecular flexibility index (Phi) is 4.27. The van der Waals surface area contributed by atoms with Gasteiger partial charge in [0.1, 0.15) is 5.75 Å². The van der Waals surface area contributed by atoms with Crippen molar-refractivity contribution in [3.63, 3.8) is 0 Å². The van der Waals surface area contributed by atoms with E-state index in [1.54, 1.807) is 13.0 Å². The Labute approximate surface area is 136 Å². The van der Waals surface area contributed by atoms with E-state index in [1.807, 2.05) is 42.5 Å². The summed E-state index contributed by atoms with van der Waals surface area (Å²) in [6.45, 7) is 1.70. The van der Waals surface area contributed by atoms with Gasteiger partial charge in [0.2, 0.25) is 0 Å². The molecule has 0 aliphatic carbocycles. The van der Waals surface area contributed by atoms with Crippen LogP contribution in [0.4, 0.5) is 5.13 Å². The number of amides is 1. The van der Waals surface area contributed by atoms with Gasteiger partial charge in [0.15, 0.2) is 11.2 Å². The number of hydrogen-bond donors (Lipinski definition) is 1. The molecule has 0 saturated heterocycles. The van der Waals surface area contributed by atoms with Gasteiger partial charge in [-0.05, 0) is 37.3 Å². The summed E-state index contributed by atoms with van der Waals surface area (Å²) in [6.07, 6.45) is -0.613. The van der Waals surface area contributed by atoms with Crippen molar-refractivity contribution in [3.05, 3.63) is 53.6 Å². The van der Waals surface area contributed by atoms with Crippen molar-refractivity contribution < 1.29 is 9.53 Å². The summed E-state index contributed by atoms with van der Waals surface area (Å²) < 4.78 is 6.52. The number of halogens is 1. The van der Waals surface area contributed by atoms with Crippen LogP contribution in [0.1, 0.15) is 6.92 Å². The van der Waals surface area contributed by atoms with Gasteiger partial charge >= 0.3 is 0 Å². The first kappa shape index (κ1) is 14.8. The SMILES string of the molecule is C[C@H](Oc1ccccc1)C(=O)Nc1nc2ccc(Cl)cc2s1. The summed E-state index contributed by atoms with van der Waals surface area (Å²) >= 11 is 7.33. The first-order chi connectivity index (χ1) is 10.6. The fourth-order valence-electron chi connectivity index (χ4n) is 1.92. The zero-order valence-electron chi connectivity index (χ0n) is 11.7. The lowest BCUT2D eigenvalue weighted by Gasteiger charge is -2.13. The monoisotopic (exact) mass is 332 g/mol. The quantitative estimate of drug-likeness (QED) is 0.772. The zero-order chi connectivity index (χ0) is 15.5. The van der Waals surface area contributed by atoms with Crippen LogP contribution in [0, 0.1) is 0 Å². The van der Waals surface area contributed by atoms with Gasteiger partial charge in [-0.1, -0.05) is 41.1 Å². The molecule has 3 aromatic rings. The van der Waals surface area contributed by atoms with E-state index in [4.69, 9.17) is 16.3 Å². The van der Waals surface area contributed by atoms with E-state index < -0.39 is 6.10 Å². The average molecular weight is 333 g/mol. The van der Waals surface area contributed by atoms with Gasteiger partial charge in [-0.3, -0.25) is 10.1 Å². The van der Waals surface area contributed by atoms with E-state index in [1.165, 1.54) is 11.3 Å². The van der Waals surface area contributed by atoms with E-state index in [0.717, 1.165) is 10.2 Å². The number of rotatable bonds is 4. The summed E-state index contributed by atoms with van der Waals surface area (Å²) in [6, 6.07) is 14.7. The van der Waals surface area contributed by atoms with E-state index in [-0.39, 0.29) is 5.91 Å². The van der Waals surface area contributed by atoms with E-state index in [0.29, 0.717) is 15.9 Å². The lowest BCUT2D eigenvalue weighted by Crippen LogP contribution is -2.30. The van der Waals surface area contributed by atoms with Crippen LogP contribution < -0.4 is 10.1 Å². The molecule has 22 heavy (non-hydrogen) atoms. The molecule has 0 aliphatic heterocycles. The predicted molar refractivity (Wildman–Crippen MR) is 89.8 cm³/mol. The number of para-hydroxylation sites is 1. The maximum Gasteiger partial charge on any atom is 0.266 e. The molecule has 1 aromatic heterocycles. The maximum atomic E-state index is 12.2. The van der Waals surface area contributed by atoms with Gasteiger partial charge in [-0.2, -0.15) is 0 Å². The molecule has 6 heteroatoms. The van der Waals surface area contributed by atoms with Crippen LogP contribution in [0.5, 0.6) is 5.75 Å². The third kappa shape index (κ3) is 3.37. The second-order valence-electron chi connectivity index (χ2n) is 4.69. The van der Waals surface area contributed by atoms with Crippen molar-refractivity contribution in [2.45, 2.75) is 13.0 Å². The number of carbonyl (C=O) groups is 1. The molecule has 1 atom stereocenters. The lowest BCUT2D eigenvalue weighted by molar-refractivity contribution is -0.122. The first-order valence-electron chi connectivity index (χ1n) is 6.70. The highest BCUT2D eigenvalue weighted by atomic mass is 35.5. The van der Waals surface area contributed by atoms with Crippen molar-refractivity contribution >= 4 is 44.2 Å². The minimum absolute atomic E-state index is 0.242. The molecule has 112 valence electrons. The first-order valence-corrected chi connectivity index (χ1v) is 7.90. The van der Waals surface area contributed by atoms with E-state index in [2.05, 4.69) is 10.3 Å². The summed E-state index contributed by atoms with van der Waals surface area (Å²) in [5, 5.41) is 3.95. The fraction of sp³-hybridized carbons (Fsp3) is 0.125. The highest BCUT2D eigenvalue weighted by Gasteiger charge is 2.16. The van der Waals surface area contributed by atoms with Gasteiger partial charge in [-0.15, -0.1) is 0 Å². The molecule has 0 bridgehead atoms. The van der Waals surface area contributed by atoms with Gasteiger partial charge in [0, 0.05) is 5.02 Å². The zero-order valence-corrected chi connectivity index (χ0v) is 13.3. The topological polar surface area (TPSA) is 51.2 Å². The van der Waals surface area contributed by atoms with Crippen LogP contribution in [0.3, 0.4) is 0 Å². The number of nitrogens with zero attached hydrogens (tertiary/aromatic N) is 1. The third-order valence-corrected chi connectivity index (χ3v) is 4.17. The fourth-order valence-corrected chi connectivity index (χ4v) is 3.06. The molecule has 2 aromatic carbocycles. The highest BCUT2D eigenvalue weighted by molar-refractivity contribution is 7.22. The van der Waals surface area contributed by atoms with Gasteiger partial charge in [0.05, 0.1) is 10.2 Å². The van der Waals surface area contributed by atoms with Crippen LogP contribution >= 0.6 is 22.9 Å². The third-order valence-electron chi connectivity index (χ3n) is 3.01. The van der Waals surface area contributed by atoms with Crippen molar-refractivity contribution in [1.82, 2.24) is 4.98 Å². The number of aromatic nitrogens is 1. The Hall–Kier alpha value is -2.11. The smallest absolute Gasteiger partial charge is 0.266 e. The summed E-state index contributed by atoms with van der Waals surface area (Å²) in [4.78, 5) is 16.5. The number of benzene rings is 2. The lowest BCUT2D eigenvalue weighted by atomic mass is 10.3. The second-order valence-corrected chi connectivity index (χ2v) is 6.16. The van der Waals surface area contributed by atoms with Gasteiger partial charge in [-0.25, -0.2) is 4.98 Å². The molecule has 0 fully saturated rings. The molecular weight excluding hydrogens is 320 g/mol. The van der Waals surface area contributed by atoms with Crippen LogP contribution in [0.25, 0.3) is 10.2 Å². The number of nitrogens with one attached hydrogen (secondary N) is 1. The van der Waals surface area contributed by atoms with Crippen LogP contribution in [0.15, 0.2) is 48.5 Å². The number of fused-ring (bicyclic) bond motifs is 1. The minimum atomic E-state index is -0.613. The Bertz CT molecular complexity index is 804. The van der Waals surface area contributed by atoms with Crippen LogP contribution in [0.2, 0.25) is 5.02 Å². The number of thiazole rings is 1. The molecule has 0 radical (unpaired) electrons. The maximum absolute atomic E-state index is 12.2. The molecule has 4 nitrogen and oxygen atoms in total. The molecule has 1 N–H and O–H groups in total. The Balaban J connectivity index is 1.69. The molecule has 1 heterocycles. The van der Waals surface area contributed by atoms with Crippen molar-refractivity contribution in [1.29, 1.82) is 0 Å².